The molecule has 0 unspecified atom stereocenters. The highest BCUT2D eigenvalue weighted by molar-refractivity contribution is 6.33. The van der Waals surface area contributed by atoms with E-state index in [9.17, 15) is 9.59 Å². The van der Waals surface area contributed by atoms with E-state index in [4.69, 9.17) is 23.2 Å². The Hall–Kier alpha value is -2.42. The van der Waals surface area contributed by atoms with E-state index in [1.165, 1.54) is 19.0 Å². The minimum Gasteiger partial charge on any atom is -0.381 e. The van der Waals surface area contributed by atoms with Crippen molar-refractivity contribution in [3.8, 4) is 0 Å². The lowest BCUT2D eigenvalue weighted by molar-refractivity contribution is -0.0916. The SMILES string of the molecule is CN(C)/N=C\c1c(CC2CC3(C2)CN(CCNc2cn[nH]c(=O)c2Cl)C3)ccc(Cl)c1C=O. The molecule has 2 fully saturated rings. The van der Waals surface area contributed by atoms with Crippen LogP contribution in [0.5, 0.6) is 0 Å². The zero-order valence-electron chi connectivity index (χ0n) is 18.8. The van der Waals surface area contributed by atoms with Gasteiger partial charge in [-0.05, 0) is 42.2 Å². The number of nitrogens with zero attached hydrogens (tertiary/aromatic N) is 4. The number of hydrogen-bond acceptors (Lipinski definition) is 7. The lowest BCUT2D eigenvalue weighted by atomic mass is 9.56. The van der Waals surface area contributed by atoms with E-state index in [0.29, 0.717) is 34.2 Å². The summed E-state index contributed by atoms with van der Waals surface area (Å²) >= 11 is 12.2. The normalized spacial score (nSPS) is 17.7. The number of carbonyl (C=O) groups is 1. The number of benzene rings is 1. The van der Waals surface area contributed by atoms with Gasteiger partial charge in [-0.1, -0.05) is 29.3 Å². The van der Waals surface area contributed by atoms with Crippen LogP contribution in [0.2, 0.25) is 10.0 Å². The van der Waals surface area contributed by atoms with Gasteiger partial charge >= 0.3 is 0 Å². The largest absolute Gasteiger partial charge is 0.381 e. The average molecular weight is 491 g/mol. The number of aldehydes is 1. The maximum absolute atomic E-state index is 11.6. The van der Waals surface area contributed by atoms with Crippen LogP contribution in [0.4, 0.5) is 5.69 Å². The highest BCUT2D eigenvalue weighted by atomic mass is 35.5. The molecule has 2 heterocycles. The van der Waals surface area contributed by atoms with Gasteiger partial charge in [0.05, 0.1) is 23.1 Å². The molecule has 176 valence electrons. The van der Waals surface area contributed by atoms with Gasteiger partial charge in [-0.3, -0.25) is 9.59 Å². The van der Waals surface area contributed by atoms with Crippen molar-refractivity contribution < 1.29 is 4.79 Å². The zero-order valence-corrected chi connectivity index (χ0v) is 20.3. The van der Waals surface area contributed by atoms with Crippen LogP contribution in [-0.2, 0) is 6.42 Å². The molecule has 0 radical (unpaired) electrons. The van der Waals surface area contributed by atoms with Gasteiger partial charge in [-0.25, -0.2) is 5.10 Å². The van der Waals surface area contributed by atoms with Crippen LogP contribution < -0.4 is 10.9 Å². The number of aromatic amines is 1. The predicted octanol–water partition coefficient (Wildman–Crippen LogP) is 3.15. The molecule has 0 bridgehead atoms. The Balaban J connectivity index is 1.27. The molecule has 1 spiro atoms. The molecule has 1 saturated carbocycles. The van der Waals surface area contributed by atoms with Crippen LogP contribution in [-0.4, -0.2) is 72.9 Å². The maximum atomic E-state index is 11.6. The van der Waals surface area contributed by atoms with Gasteiger partial charge in [-0.15, -0.1) is 0 Å². The number of carbonyl (C=O) groups excluding carboxylic acids is 1. The number of aromatic nitrogens is 2. The standard InChI is InChI=1S/C23H28Cl2N6O2/c1-30(2)28-10-17-16(3-4-19(24)18(17)12-32)7-15-8-23(9-15)13-31(14-23)6-5-26-20-11-27-29-22(33)21(20)25/h3-4,10-12,15H,5-9,13-14H2,1-2H3,(H2,26,29,33)/b28-10-. The fourth-order valence-electron chi connectivity index (χ4n) is 5.07. The van der Waals surface area contributed by atoms with E-state index >= 15 is 0 Å². The average Bonchev–Trinajstić information content (AvgIpc) is 2.72. The van der Waals surface area contributed by atoms with Crippen molar-refractivity contribution >= 4 is 41.4 Å². The topological polar surface area (TPSA) is 93.7 Å². The first-order chi connectivity index (χ1) is 15.8. The summed E-state index contributed by atoms with van der Waals surface area (Å²) in [5.74, 6) is 0.596. The molecule has 8 nitrogen and oxygen atoms in total. The van der Waals surface area contributed by atoms with E-state index in [0.717, 1.165) is 43.5 Å². The number of H-pyrrole nitrogens is 1. The second-order valence-electron chi connectivity index (χ2n) is 9.29. The lowest BCUT2D eigenvalue weighted by Gasteiger charge is -2.59. The molecule has 1 aliphatic heterocycles. The van der Waals surface area contributed by atoms with Crippen molar-refractivity contribution in [1.29, 1.82) is 0 Å². The molecule has 1 aliphatic carbocycles. The van der Waals surface area contributed by atoms with E-state index < -0.39 is 0 Å². The van der Waals surface area contributed by atoms with Gasteiger partial charge in [0.1, 0.15) is 5.02 Å². The maximum Gasteiger partial charge on any atom is 0.285 e. The van der Waals surface area contributed by atoms with Crippen molar-refractivity contribution in [2.45, 2.75) is 19.3 Å². The Labute approximate surface area is 202 Å². The highest BCUT2D eigenvalue weighted by Crippen LogP contribution is 2.52. The highest BCUT2D eigenvalue weighted by Gasteiger charge is 2.51. The molecule has 2 N–H and O–H groups in total. The predicted molar refractivity (Wildman–Crippen MR) is 132 cm³/mol. The van der Waals surface area contributed by atoms with Crippen molar-refractivity contribution in [3.63, 3.8) is 0 Å². The molecular formula is C23H28Cl2N6O2. The van der Waals surface area contributed by atoms with Crippen molar-refractivity contribution in [1.82, 2.24) is 20.1 Å². The van der Waals surface area contributed by atoms with Gasteiger partial charge < -0.3 is 15.2 Å². The molecule has 1 aromatic heterocycles. The first kappa shape index (κ1) is 23.7. The number of hydrazone groups is 1. The summed E-state index contributed by atoms with van der Waals surface area (Å²) < 4.78 is 0. The number of rotatable bonds is 9. The van der Waals surface area contributed by atoms with Crippen molar-refractivity contribution in [3.05, 3.63) is 55.4 Å². The Morgan fingerprint density at radius 3 is 2.76 bits per heavy atom. The summed E-state index contributed by atoms with van der Waals surface area (Å²) in [6, 6.07) is 3.83. The minimum absolute atomic E-state index is 0.141. The number of anilines is 1. The summed E-state index contributed by atoms with van der Waals surface area (Å²) in [7, 11) is 3.69. The summed E-state index contributed by atoms with van der Waals surface area (Å²) in [4.78, 5) is 25.5. The van der Waals surface area contributed by atoms with Gasteiger partial charge in [0, 0.05) is 51.4 Å². The molecule has 1 aromatic carbocycles. The van der Waals surface area contributed by atoms with Crippen molar-refractivity contribution in [2.75, 3.05) is 45.6 Å². The molecular weight excluding hydrogens is 463 g/mol. The van der Waals surface area contributed by atoms with Crippen LogP contribution in [0.3, 0.4) is 0 Å². The molecule has 10 heteroatoms. The molecule has 0 amide bonds. The number of likely N-dealkylation sites (tertiary alicyclic amines) is 1. The minimum atomic E-state index is -0.387. The Bertz CT molecular complexity index is 1100. The molecule has 2 aliphatic rings. The third-order valence-electron chi connectivity index (χ3n) is 6.47. The number of hydrogen-bond donors (Lipinski definition) is 2. The quantitative estimate of drug-likeness (QED) is 0.318. The molecule has 4 rings (SSSR count). The molecule has 2 aromatic rings. The summed E-state index contributed by atoms with van der Waals surface area (Å²) in [6.07, 6.45) is 7.37. The Kier molecular flexibility index (Phi) is 7.07. The van der Waals surface area contributed by atoms with Crippen LogP contribution >= 0.6 is 23.2 Å². The summed E-state index contributed by atoms with van der Waals surface area (Å²) in [6.45, 7) is 3.77. The van der Waals surface area contributed by atoms with E-state index in [2.05, 4.69) is 25.5 Å². The van der Waals surface area contributed by atoms with Crippen molar-refractivity contribution in [2.24, 2.45) is 16.4 Å². The zero-order chi connectivity index (χ0) is 23.6. The second kappa shape index (κ2) is 9.83. The Morgan fingerprint density at radius 1 is 1.30 bits per heavy atom. The molecule has 0 atom stereocenters. The first-order valence-electron chi connectivity index (χ1n) is 11.0. The number of halogens is 2. The third kappa shape index (κ3) is 5.23. The molecule has 33 heavy (non-hydrogen) atoms. The van der Waals surface area contributed by atoms with Crippen LogP contribution in [0.1, 0.15) is 34.3 Å². The van der Waals surface area contributed by atoms with E-state index in [-0.39, 0.29) is 10.6 Å². The second-order valence-corrected chi connectivity index (χ2v) is 10.1. The van der Waals surface area contributed by atoms with Gasteiger partial charge in [0.2, 0.25) is 0 Å². The van der Waals surface area contributed by atoms with E-state index in [1.807, 2.05) is 26.2 Å². The number of nitrogens with one attached hydrogen (secondary N) is 2. The fraction of sp³-hybridized carbons (Fsp3) is 0.478. The van der Waals surface area contributed by atoms with Gasteiger partial charge in [0.25, 0.3) is 5.56 Å². The van der Waals surface area contributed by atoms with Gasteiger partial charge in [-0.2, -0.15) is 10.2 Å². The van der Waals surface area contributed by atoms with Gasteiger partial charge in [0.15, 0.2) is 6.29 Å². The monoisotopic (exact) mass is 490 g/mol. The summed E-state index contributed by atoms with van der Waals surface area (Å²) in [5.41, 5.74) is 3.03. The first-order valence-corrected chi connectivity index (χ1v) is 11.7. The summed E-state index contributed by atoms with van der Waals surface area (Å²) in [5, 5.41) is 15.9. The fourth-order valence-corrected chi connectivity index (χ4v) is 5.44. The van der Waals surface area contributed by atoms with E-state index in [1.54, 1.807) is 11.2 Å². The van der Waals surface area contributed by atoms with Crippen LogP contribution in [0, 0.1) is 11.3 Å². The Morgan fingerprint density at radius 2 is 2.06 bits per heavy atom. The third-order valence-corrected chi connectivity index (χ3v) is 7.17. The van der Waals surface area contributed by atoms with Crippen LogP contribution in [0.15, 0.2) is 28.2 Å². The lowest BCUT2D eigenvalue weighted by Crippen LogP contribution is -2.63. The van der Waals surface area contributed by atoms with Crippen LogP contribution in [0.25, 0.3) is 0 Å². The molecule has 1 saturated heterocycles. The smallest absolute Gasteiger partial charge is 0.285 e.